The van der Waals surface area contributed by atoms with Gasteiger partial charge in [0, 0.05) is 17.6 Å². The van der Waals surface area contributed by atoms with E-state index in [0.717, 1.165) is 30.2 Å². The molecule has 3 rings (SSSR count). The van der Waals surface area contributed by atoms with Crippen LogP contribution in [0.4, 0.5) is 0 Å². The van der Waals surface area contributed by atoms with Crippen molar-refractivity contribution in [1.29, 1.82) is 0 Å². The lowest BCUT2D eigenvalue weighted by molar-refractivity contribution is -0.143. The summed E-state index contributed by atoms with van der Waals surface area (Å²) in [5, 5.41) is 13.2. The molecule has 0 radical (unpaired) electrons. The monoisotopic (exact) mass is 286 g/mol. The number of aromatic amines is 1. The Bertz CT molecular complexity index is 677. The minimum Gasteiger partial charge on any atom is -0.481 e. The molecular formula is C16H18N2O3. The third-order valence-electron chi connectivity index (χ3n) is 4.23. The number of hydrogen-bond acceptors (Lipinski definition) is 2. The summed E-state index contributed by atoms with van der Waals surface area (Å²) in [5.74, 6) is -1.51. The molecular weight excluding hydrogens is 268 g/mol. The van der Waals surface area contributed by atoms with E-state index in [-0.39, 0.29) is 11.9 Å². The maximum atomic E-state index is 12.5. The quantitative estimate of drug-likeness (QED) is 0.811. The Morgan fingerprint density at radius 3 is 2.81 bits per heavy atom. The molecule has 5 nitrogen and oxygen atoms in total. The summed E-state index contributed by atoms with van der Waals surface area (Å²) in [4.78, 5) is 26.8. The number of aromatic nitrogens is 1. The van der Waals surface area contributed by atoms with Crippen molar-refractivity contribution in [2.75, 3.05) is 0 Å². The summed E-state index contributed by atoms with van der Waals surface area (Å²) in [7, 11) is 0. The van der Waals surface area contributed by atoms with Gasteiger partial charge in [-0.1, -0.05) is 25.0 Å². The van der Waals surface area contributed by atoms with Gasteiger partial charge in [-0.05, 0) is 25.0 Å². The Hall–Kier alpha value is -2.30. The van der Waals surface area contributed by atoms with Crippen molar-refractivity contribution in [3.63, 3.8) is 0 Å². The summed E-state index contributed by atoms with van der Waals surface area (Å²) in [6.45, 7) is 0. The van der Waals surface area contributed by atoms with E-state index in [1.807, 2.05) is 18.2 Å². The van der Waals surface area contributed by atoms with Crippen molar-refractivity contribution in [2.45, 2.75) is 31.7 Å². The molecule has 0 aliphatic heterocycles. The fourth-order valence-electron chi connectivity index (χ4n) is 3.12. The van der Waals surface area contributed by atoms with E-state index in [4.69, 9.17) is 0 Å². The van der Waals surface area contributed by atoms with Gasteiger partial charge in [0.05, 0.1) is 17.0 Å². The zero-order chi connectivity index (χ0) is 14.8. The van der Waals surface area contributed by atoms with Gasteiger partial charge < -0.3 is 15.4 Å². The number of aliphatic carboxylic acids is 1. The van der Waals surface area contributed by atoms with Crippen LogP contribution in [-0.2, 0) is 4.79 Å². The van der Waals surface area contributed by atoms with Gasteiger partial charge in [-0.3, -0.25) is 9.59 Å². The predicted octanol–water partition coefficient (Wildman–Crippen LogP) is 2.54. The standard InChI is InChI=1S/C16H18N2O3/c19-15(12-6-3-4-10-8-9-17-14(10)12)18-13-7-2-1-5-11(13)16(20)21/h3-4,6,8-9,11,13,17H,1-2,5,7H2,(H,18,19)(H,20,21). The van der Waals surface area contributed by atoms with Crippen LogP contribution in [0.5, 0.6) is 0 Å². The number of amides is 1. The van der Waals surface area contributed by atoms with Crippen LogP contribution in [0.1, 0.15) is 36.0 Å². The van der Waals surface area contributed by atoms with E-state index in [0.29, 0.717) is 12.0 Å². The largest absolute Gasteiger partial charge is 0.481 e. The molecule has 1 aromatic carbocycles. The van der Waals surface area contributed by atoms with Crippen LogP contribution in [0.25, 0.3) is 10.9 Å². The van der Waals surface area contributed by atoms with Crippen molar-refractivity contribution in [3.05, 3.63) is 36.0 Å². The maximum Gasteiger partial charge on any atom is 0.308 e. The fraction of sp³-hybridized carbons (Fsp3) is 0.375. The van der Waals surface area contributed by atoms with Gasteiger partial charge in [-0.25, -0.2) is 0 Å². The smallest absolute Gasteiger partial charge is 0.308 e. The molecule has 110 valence electrons. The minimum absolute atomic E-state index is 0.207. The van der Waals surface area contributed by atoms with Crippen LogP contribution < -0.4 is 5.32 Å². The predicted molar refractivity (Wildman–Crippen MR) is 79.1 cm³/mol. The second-order valence-electron chi connectivity index (χ2n) is 5.56. The number of carbonyl (C=O) groups excluding carboxylic acids is 1. The molecule has 1 saturated carbocycles. The van der Waals surface area contributed by atoms with E-state index < -0.39 is 11.9 Å². The van der Waals surface area contributed by atoms with Gasteiger partial charge in [0.15, 0.2) is 0 Å². The van der Waals surface area contributed by atoms with Crippen LogP contribution >= 0.6 is 0 Å². The molecule has 2 atom stereocenters. The van der Waals surface area contributed by atoms with E-state index in [1.165, 1.54) is 0 Å². The van der Waals surface area contributed by atoms with Gasteiger partial charge in [0.1, 0.15) is 0 Å². The third kappa shape index (κ3) is 2.63. The van der Waals surface area contributed by atoms with E-state index in [1.54, 1.807) is 12.3 Å². The number of benzene rings is 1. The number of nitrogens with one attached hydrogen (secondary N) is 2. The maximum absolute atomic E-state index is 12.5. The number of fused-ring (bicyclic) bond motifs is 1. The first-order chi connectivity index (χ1) is 10.2. The number of hydrogen-bond donors (Lipinski definition) is 3. The molecule has 1 fully saturated rings. The molecule has 1 heterocycles. The molecule has 0 saturated heterocycles. The number of carboxylic acid groups (broad SMARTS) is 1. The van der Waals surface area contributed by atoms with E-state index >= 15 is 0 Å². The average Bonchev–Trinajstić information content (AvgIpc) is 2.95. The molecule has 5 heteroatoms. The number of carbonyl (C=O) groups is 2. The zero-order valence-electron chi connectivity index (χ0n) is 11.6. The van der Waals surface area contributed by atoms with Crippen LogP contribution in [0.2, 0.25) is 0 Å². The Labute approximate surface area is 122 Å². The topological polar surface area (TPSA) is 82.2 Å². The van der Waals surface area contributed by atoms with Crippen molar-refractivity contribution in [3.8, 4) is 0 Å². The molecule has 3 N–H and O–H groups in total. The van der Waals surface area contributed by atoms with Crippen molar-refractivity contribution in [1.82, 2.24) is 10.3 Å². The normalized spacial score (nSPS) is 22.1. The second-order valence-corrected chi connectivity index (χ2v) is 5.56. The van der Waals surface area contributed by atoms with Gasteiger partial charge in [0.2, 0.25) is 0 Å². The first-order valence-electron chi connectivity index (χ1n) is 7.26. The summed E-state index contributed by atoms with van der Waals surface area (Å²) >= 11 is 0. The molecule has 1 aliphatic carbocycles. The van der Waals surface area contributed by atoms with E-state index in [2.05, 4.69) is 10.3 Å². The number of para-hydroxylation sites is 1. The van der Waals surface area contributed by atoms with Gasteiger partial charge in [0.25, 0.3) is 5.91 Å². The van der Waals surface area contributed by atoms with Crippen molar-refractivity contribution >= 4 is 22.8 Å². The van der Waals surface area contributed by atoms with Crippen molar-refractivity contribution in [2.24, 2.45) is 5.92 Å². The highest BCUT2D eigenvalue weighted by Crippen LogP contribution is 2.25. The van der Waals surface area contributed by atoms with Crippen molar-refractivity contribution < 1.29 is 14.7 Å². The minimum atomic E-state index is -0.821. The summed E-state index contributed by atoms with van der Waals surface area (Å²) in [5.41, 5.74) is 1.35. The molecule has 21 heavy (non-hydrogen) atoms. The highest BCUT2D eigenvalue weighted by Gasteiger charge is 2.32. The SMILES string of the molecule is O=C(NC1CCCCC1C(=O)O)c1cccc2cc[nH]c12. The molecule has 1 aliphatic rings. The van der Waals surface area contributed by atoms with Gasteiger partial charge in [-0.2, -0.15) is 0 Å². The Morgan fingerprint density at radius 1 is 1.19 bits per heavy atom. The lowest BCUT2D eigenvalue weighted by Crippen LogP contribution is -2.45. The first kappa shape index (κ1) is 13.7. The Balaban J connectivity index is 1.82. The molecule has 1 aromatic heterocycles. The first-order valence-corrected chi connectivity index (χ1v) is 7.26. The fourth-order valence-corrected chi connectivity index (χ4v) is 3.12. The summed E-state index contributed by atoms with van der Waals surface area (Å²) in [6.07, 6.45) is 5.02. The molecule has 0 bridgehead atoms. The number of rotatable bonds is 3. The lowest BCUT2D eigenvalue weighted by atomic mass is 9.84. The van der Waals surface area contributed by atoms with Crippen LogP contribution in [0.3, 0.4) is 0 Å². The van der Waals surface area contributed by atoms with Gasteiger partial charge in [-0.15, -0.1) is 0 Å². The molecule has 2 aromatic rings. The summed E-state index contributed by atoms with van der Waals surface area (Å²) < 4.78 is 0. The Morgan fingerprint density at radius 2 is 2.00 bits per heavy atom. The average molecular weight is 286 g/mol. The van der Waals surface area contributed by atoms with Gasteiger partial charge >= 0.3 is 5.97 Å². The number of H-pyrrole nitrogens is 1. The molecule has 0 spiro atoms. The zero-order valence-corrected chi connectivity index (χ0v) is 11.6. The second kappa shape index (κ2) is 5.60. The van der Waals surface area contributed by atoms with Crippen LogP contribution in [0.15, 0.2) is 30.5 Å². The molecule has 1 amide bonds. The van der Waals surface area contributed by atoms with Crippen LogP contribution in [-0.4, -0.2) is 28.0 Å². The molecule has 2 unspecified atom stereocenters. The highest BCUT2D eigenvalue weighted by atomic mass is 16.4. The van der Waals surface area contributed by atoms with Crippen LogP contribution in [0, 0.1) is 5.92 Å². The highest BCUT2D eigenvalue weighted by molar-refractivity contribution is 6.05. The Kier molecular flexibility index (Phi) is 3.64. The lowest BCUT2D eigenvalue weighted by Gasteiger charge is -2.29. The van der Waals surface area contributed by atoms with E-state index in [9.17, 15) is 14.7 Å². The summed E-state index contributed by atoms with van der Waals surface area (Å²) in [6, 6.07) is 7.15. The number of carboxylic acids is 1. The third-order valence-corrected chi connectivity index (χ3v) is 4.23.